The van der Waals surface area contributed by atoms with Crippen molar-refractivity contribution in [2.45, 2.75) is 31.7 Å². The van der Waals surface area contributed by atoms with Gasteiger partial charge in [-0.3, -0.25) is 9.59 Å². The van der Waals surface area contributed by atoms with Gasteiger partial charge in [0.1, 0.15) is 0 Å². The molecule has 6 heteroatoms. The molecule has 2 saturated heterocycles. The number of carbonyl (C=O) groups excluding carboxylic acids is 2. The normalized spacial score (nSPS) is 33.9. The molecule has 2 heterocycles. The molecular formula is C11H17FN2O3. The van der Waals surface area contributed by atoms with Crippen molar-refractivity contribution < 1.29 is 18.7 Å². The SMILES string of the molecule is CN1CC(C(=O)NC2CCCOC2F)CC1=O. The Balaban J connectivity index is 1.86. The number of carbonyl (C=O) groups is 2. The molecule has 0 spiro atoms. The number of alkyl halides is 1. The number of nitrogens with one attached hydrogen (secondary N) is 1. The zero-order valence-corrected chi connectivity index (χ0v) is 9.82. The summed E-state index contributed by atoms with van der Waals surface area (Å²) in [7, 11) is 1.66. The first-order valence-corrected chi connectivity index (χ1v) is 5.88. The number of halogens is 1. The summed E-state index contributed by atoms with van der Waals surface area (Å²) in [5, 5.41) is 2.63. The summed E-state index contributed by atoms with van der Waals surface area (Å²) in [6, 6.07) is -0.572. The molecule has 0 aliphatic carbocycles. The van der Waals surface area contributed by atoms with E-state index in [1.54, 1.807) is 7.05 Å². The van der Waals surface area contributed by atoms with E-state index in [2.05, 4.69) is 5.32 Å². The average molecular weight is 244 g/mol. The molecule has 0 saturated carbocycles. The third-order valence-corrected chi connectivity index (χ3v) is 3.29. The van der Waals surface area contributed by atoms with Crippen LogP contribution in [0.5, 0.6) is 0 Å². The van der Waals surface area contributed by atoms with Crippen molar-refractivity contribution in [3.8, 4) is 0 Å². The number of hydrogen-bond donors (Lipinski definition) is 1. The number of nitrogens with zero attached hydrogens (tertiary/aromatic N) is 1. The minimum Gasteiger partial charge on any atom is -0.348 e. The van der Waals surface area contributed by atoms with Crippen molar-refractivity contribution in [1.82, 2.24) is 10.2 Å². The fraction of sp³-hybridized carbons (Fsp3) is 0.818. The molecular weight excluding hydrogens is 227 g/mol. The van der Waals surface area contributed by atoms with Crippen molar-refractivity contribution in [2.24, 2.45) is 5.92 Å². The van der Waals surface area contributed by atoms with Crippen molar-refractivity contribution in [2.75, 3.05) is 20.2 Å². The third kappa shape index (κ3) is 2.74. The second kappa shape index (κ2) is 5.00. The smallest absolute Gasteiger partial charge is 0.225 e. The molecule has 0 aromatic rings. The Labute approximate surface area is 99.3 Å². The highest BCUT2D eigenvalue weighted by Gasteiger charge is 2.35. The maximum atomic E-state index is 13.3. The molecule has 0 radical (unpaired) electrons. The van der Waals surface area contributed by atoms with Crippen LogP contribution in [-0.4, -0.2) is 49.3 Å². The molecule has 2 aliphatic rings. The van der Waals surface area contributed by atoms with E-state index in [4.69, 9.17) is 4.74 Å². The molecule has 2 amide bonds. The van der Waals surface area contributed by atoms with Crippen LogP contribution in [0.1, 0.15) is 19.3 Å². The van der Waals surface area contributed by atoms with Gasteiger partial charge in [0.2, 0.25) is 18.2 Å². The Hall–Kier alpha value is -1.17. The standard InChI is InChI=1S/C11H17FN2O3/c1-14-6-7(5-9(14)15)11(16)13-8-3-2-4-17-10(8)12/h7-8,10H,2-6H2,1H3,(H,13,16). The van der Waals surface area contributed by atoms with Crippen LogP contribution in [0.3, 0.4) is 0 Å². The fourth-order valence-corrected chi connectivity index (χ4v) is 2.22. The highest BCUT2D eigenvalue weighted by Crippen LogP contribution is 2.19. The molecule has 2 rings (SSSR count). The molecule has 0 aromatic carbocycles. The van der Waals surface area contributed by atoms with E-state index in [0.717, 1.165) is 6.42 Å². The van der Waals surface area contributed by atoms with Gasteiger partial charge >= 0.3 is 0 Å². The lowest BCUT2D eigenvalue weighted by Gasteiger charge is -2.27. The summed E-state index contributed by atoms with van der Waals surface area (Å²) in [5.74, 6) is -0.649. The zero-order chi connectivity index (χ0) is 12.4. The molecule has 0 bridgehead atoms. The van der Waals surface area contributed by atoms with Gasteiger partial charge in [0, 0.05) is 20.0 Å². The quantitative estimate of drug-likeness (QED) is 0.747. The predicted molar refractivity (Wildman–Crippen MR) is 57.8 cm³/mol. The van der Waals surface area contributed by atoms with Crippen LogP contribution in [0.2, 0.25) is 0 Å². The van der Waals surface area contributed by atoms with Crippen molar-refractivity contribution in [1.29, 1.82) is 0 Å². The lowest BCUT2D eigenvalue weighted by Crippen LogP contribution is -2.47. The predicted octanol–water partition coefficient (Wildman–Crippen LogP) is 0.0555. The summed E-state index contributed by atoms with van der Waals surface area (Å²) in [5.41, 5.74) is 0. The first-order valence-electron chi connectivity index (χ1n) is 5.88. The molecule has 2 aliphatic heterocycles. The van der Waals surface area contributed by atoms with Gasteiger partial charge in [-0.1, -0.05) is 0 Å². The summed E-state index contributed by atoms with van der Waals surface area (Å²) < 4.78 is 18.2. The molecule has 96 valence electrons. The minimum absolute atomic E-state index is 0.0400. The van der Waals surface area contributed by atoms with Gasteiger partial charge in [-0.15, -0.1) is 0 Å². The lowest BCUT2D eigenvalue weighted by molar-refractivity contribution is -0.133. The van der Waals surface area contributed by atoms with Crippen LogP contribution < -0.4 is 5.32 Å². The van der Waals surface area contributed by atoms with E-state index in [0.29, 0.717) is 19.6 Å². The van der Waals surface area contributed by atoms with Gasteiger partial charge in [-0.05, 0) is 12.8 Å². The number of likely N-dealkylation sites (tertiary alicyclic amines) is 1. The second-order valence-corrected chi connectivity index (χ2v) is 4.65. The van der Waals surface area contributed by atoms with Crippen molar-refractivity contribution in [3.63, 3.8) is 0 Å². The van der Waals surface area contributed by atoms with Gasteiger partial charge in [-0.2, -0.15) is 0 Å². The van der Waals surface area contributed by atoms with Crippen LogP contribution >= 0.6 is 0 Å². The number of hydrogen-bond acceptors (Lipinski definition) is 3. The van der Waals surface area contributed by atoms with E-state index in [1.165, 1.54) is 4.90 Å². The number of rotatable bonds is 2. The Bertz CT molecular complexity index is 324. The highest BCUT2D eigenvalue weighted by molar-refractivity contribution is 5.89. The monoisotopic (exact) mass is 244 g/mol. The molecule has 17 heavy (non-hydrogen) atoms. The van der Waals surface area contributed by atoms with Crippen LogP contribution in [0, 0.1) is 5.92 Å². The largest absolute Gasteiger partial charge is 0.348 e. The van der Waals surface area contributed by atoms with Crippen molar-refractivity contribution in [3.05, 3.63) is 0 Å². The van der Waals surface area contributed by atoms with E-state index >= 15 is 0 Å². The van der Waals surface area contributed by atoms with Crippen LogP contribution in [0.4, 0.5) is 4.39 Å². The Morgan fingerprint density at radius 2 is 2.35 bits per heavy atom. The Morgan fingerprint density at radius 1 is 1.59 bits per heavy atom. The van der Waals surface area contributed by atoms with Gasteiger partial charge in [-0.25, -0.2) is 4.39 Å². The van der Waals surface area contributed by atoms with E-state index < -0.39 is 12.4 Å². The van der Waals surface area contributed by atoms with E-state index in [9.17, 15) is 14.0 Å². The zero-order valence-electron chi connectivity index (χ0n) is 9.82. The highest BCUT2D eigenvalue weighted by atomic mass is 19.1. The maximum Gasteiger partial charge on any atom is 0.225 e. The van der Waals surface area contributed by atoms with E-state index in [-0.39, 0.29) is 24.2 Å². The summed E-state index contributed by atoms with van der Waals surface area (Å²) in [6.07, 6.45) is 0.119. The van der Waals surface area contributed by atoms with Gasteiger partial charge in [0.15, 0.2) is 0 Å². The molecule has 2 fully saturated rings. The summed E-state index contributed by atoms with van der Waals surface area (Å²) >= 11 is 0. The maximum absolute atomic E-state index is 13.3. The Morgan fingerprint density at radius 3 is 2.94 bits per heavy atom. The topological polar surface area (TPSA) is 58.6 Å². The summed E-state index contributed by atoms with van der Waals surface area (Å²) in [6.45, 7) is 0.813. The van der Waals surface area contributed by atoms with Gasteiger partial charge in [0.05, 0.1) is 18.6 Å². The van der Waals surface area contributed by atoms with Gasteiger partial charge in [0.25, 0.3) is 0 Å². The van der Waals surface area contributed by atoms with Crippen LogP contribution in [0.25, 0.3) is 0 Å². The molecule has 0 aromatic heterocycles. The summed E-state index contributed by atoms with van der Waals surface area (Å²) in [4.78, 5) is 24.7. The fourth-order valence-electron chi connectivity index (χ4n) is 2.22. The van der Waals surface area contributed by atoms with Crippen LogP contribution in [0.15, 0.2) is 0 Å². The van der Waals surface area contributed by atoms with Gasteiger partial charge < -0.3 is 15.0 Å². The number of ether oxygens (including phenoxy) is 1. The third-order valence-electron chi connectivity index (χ3n) is 3.29. The number of amides is 2. The minimum atomic E-state index is -1.43. The molecule has 5 nitrogen and oxygen atoms in total. The molecule has 1 N–H and O–H groups in total. The first kappa shape index (κ1) is 12.3. The average Bonchev–Trinajstić information content (AvgIpc) is 2.63. The molecule has 3 atom stereocenters. The first-order chi connectivity index (χ1) is 8.08. The second-order valence-electron chi connectivity index (χ2n) is 4.65. The van der Waals surface area contributed by atoms with E-state index in [1.807, 2.05) is 0 Å². The lowest BCUT2D eigenvalue weighted by atomic mass is 10.1. The van der Waals surface area contributed by atoms with Crippen LogP contribution in [-0.2, 0) is 14.3 Å². The Kier molecular flexibility index (Phi) is 3.61. The van der Waals surface area contributed by atoms with Crippen molar-refractivity contribution >= 4 is 11.8 Å². The molecule has 3 unspecified atom stereocenters.